The van der Waals surface area contributed by atoms with Crippen LogP contribution in [0.2, 0.25) is 0 Å². The molecule has 0 radical (unpaired) electrons. The average molecular weight is 452 g/mol. The summed E-state index contributed by atoms with van der Waals surface area (Å²) in [6, 6.07) is 41.4. The van der Waals surface area contributed by atoms with E-state index >= 15 is 0 Å². The number of pyridine rings is 1. The van der Waals surface area contributed by atoms with Crippen LogP contribution in [0.4, 0.5) is 0 Å². The minimum absolute atomic E-state index is 1.12. The van der Waals surface area contributed by atoms with Crippen molar-refractivity contribution in [3.8, 4) is 22.4 Å². The van der Waals surface area contributed by atoms with Crippen molar-refractivity contribution in [2.24, 2.45) is 0 Å². The van der Waals surface area contributed by atoms with E-state index < -0.39 is 0 Å². The fourth-order valence-electron chi connectivity index (χ4n) is 5.20. The molecule has 0 spiro atoms. The highest BCUT2D eigenvalue weighted by molar-refractivity contribution is 7.26. The minimum atomic E-state index is 1.12. The molecule has 0 bridgehead atoms. The standard InChI is InChI=1S/C32H21NS/c1-33-28-19-18-22-12-5-6-13-23(22)31(28)27(21-10-3-2-4-11-21)20-29(33)26-16-9-15-25-24-14-7-8-17-30(24)34-32(25)26/h2-20H,1H2. The summed E-state index contributed by atoms with van der Waals surface area (Å²) in [6.45, 7) is 0. The zero-order valence-electron chi connectivity index (χ0n) is 18.5. The van der Waals surface area contributed by atoms with Gasteiger partial charge in [-0.25, -0.2) is 0 Å². The minimum Gasteiger partial charge on any atom is -0.326 e. The van der Waals surface area contributed by atoms with E-state index in [0.29, 0.717) is 0 Å². The second kappa shape index (κ2) is 7.44. The molecule has 0 amide bonds. The van der Waals surface area contributed by atoms with Crippen molar-refractivity contribution in [2.45, 2.75) is 0 Å². The lowest BCUT2D eigenvalue weighted by molar-refractivity contribution is -0.572. The molecular formula is C32H21NS. The van der Waals surface area contributed by atoms with Gasteiger partial charge in [0.25, 0.3) is 0 Å². The molecule has 2 heteroatoms. The highest BCUT2D eigenvalue weighted by Gasteiger charge is 2.18. The van der Waals surface area contributed by atoms with Crippen LogP contribution in [0.25, 0.3) is 64.2 Å². The van der Waals surface area contributed by atoms with Crippen molar-refractivity contribution in [1.82, 2.24) is 0 Å². The molecule has 0 fully saturated rings. The Balaban J connectivity index is 1.64. The van der Waals surface area contributed by atoms with Crippen molar-refractivity contribution in [2.75, 3.05) is 0 Å². The molecule has 2 heterocycles. The lowest BCUT2D eigenvalue weighted by Crippen LogP contribution is -2.30. The Hall–Kier alpha value is -4.14. The van der Waals surface area contributed by atoms with Crippen molar-refractivity contribution in [3.05, 3.63) is 122 Å². The maximum Gasteiger partial charge on any atom is 0.114 e. The Kier molecular flexibility index (Phi) is 4.23. The van der Waals surface area contributed by atoms with Gasteiger partial charge in [0, 0.05) is 38.2 Å². The van der Waals surface area contributed by atoms with Crippen LogP contribution in [0.1, 0.15) is 0 Å². The molecule has 7 aromatic rings. The third-order valence-electron chi connectivity index (χ3n) is 6.80. The van der Waals surface area contributed by atoms with Gasteiger partial charge in [0.2, 0.25) is 0 Å². The summed E-state index contributed by atoms with van der Waals surface area (Å²) in [5, 5.41) is 6.36. The van der Waals surface area contributed by atoms with Crippen LogP contribution in [-0.2, 0) is 0 Å². The highest BCUT2D eigenvalue weighted by atomic mass is 32.1. The smallest absolute Gasteiger partial charge is 0.114 e. The van der Waals surface area contributed by atoms with Crippen LogP contribution in [0.15, 0.2) is 115 Å². The van der Waals surface area contributed by atoms with Crippen molar-refractivity contribution in [3.63, 3.8) is 0 Å². The van der Waals surface area contributed by atoms with E-state index in [1.165, 1.54) is 53.0 Å². The molecule has 5 aromatic carbocycles. The summed E-state index contributed by atoms with van der Waals surface area (Å²) in [6.07, 6.45) is 0. The molecule has 34 heavy (non-hydrogen) atoms. The highest BCUT2D eigenvalue weighted by Crippen LogP contribution is 2.41. The lowest BCUT2D eigenvalue weighted by atomic mass is 9.94. The molecular weight excluding hydrogens is 430 g/mol. The third kappa shape index (κ3) is 2.79. The van der Waals surface area contributed by atoms with E-state index in [1.54, 1.807) is 0 Å². The van der Waals surface area contributed by atoms with E-state index in [0.717, 1.165) is 11.2 Å². The largest absolute Gasteiger partial charge is 0.326 e. The second-order valence-electron chi connectivity index (χ2n) is 8.70. The predicted octanol–water partition coefficient (Wildman–Crippen LogP) is 8.62. The van der Waals surface area contributed by atoms with Crippen LogP contribution >= 0.6 is 11.3 Å². The summed E-state index contributed by atoms with van der Waals surface area (Å²) in [7, 11) is 4.55. The number of thiophene rings is 1. The first-order valence-electron chi connectivity index (χ1n) is 11.5. The lowest BCUT2D eigenvalue weighted by Gasteiger charge is -2.18. The van der Waals surface area contributed by atoms with E-state index in [4.69, 9.17) is 0 Å². The van der Waals surface area contributed by atoms with Gasteiger partial charge in [0.1, 0.15) is 11.2 Å². The summed E-state index contributed by atoms with van der Waals surface area (Å²) >= 11 is 1.86. The van der Waals surface area contributed by atoms with E-state index in [1.807, 2.05) is 11.3 Å². The number of hydrogen-bond donors (Lipinski definition) is 0. The number of benzene rings is 5. The third-order valence-corrected chi connectivity index (χ3v) is 8.02. The fourth-order valence-corrected chi connectivity index (χ4v) is 6.43. The fraction of sp³-hybridized carbons (Fsp3) is 0. The number of hydrogen-bond acceptors (Lipinski definition) is 1. The molecule has 0 aliphatic heterocycles. The van der Waals surface area contributed by atoms with E-state index in [2.05, 4.69) is 127 Å². The van der Waals surface area contributed by atoms with Crippen LogP contribution in [0.5, 0.6) is 0 Å². The van der Waals surface area contributed by atoms with E-state index in [9.17, 15) is 0 Å². The van der Waals surface area contributed by atoms with Gasteiger partial charge in [-0.1, -0.05) is 97.1 Å². The Labute approximate surface area is 202 Å². The number of rotatable bonds is 2. The molecule has 1 nitrogen and oxygen atoms in total. The van der Waals surface area contributed by atoms with E-state index in [-0.39, 0.29) is 0 Å². The summed E-state index contributed by atoms with van der Waals surface area (Å²) < 4.78 is 4.74. The summed E-state index contributed by atoms with van der Waals surface area (Å²) in [5.41, 5.74) is 5.93. The molecule has 0 saturated carbocycles. The second-order valence-corrected chi connectivity index (χ2v) is 9.75. The number of fused-ring (bicyclic) bond motifs is 6. The van der Waals surface area contributed by atoms with Gasteiger partial charge in [0.15, 0.2) is 0 Å². The zero-order valence-corrected chi connectivity index (χ0v) is 19.3. The number of nitrogens with zero attached hydrogens (tertiary/aromatic N) is 1. The van der Waals surface area contributed by atoms with Crippen molar-refractivity contribution < 1.29 is 4.57 Å². The monoisotopic (exact) mass is 451 g/mol. The van der Waals surface area contributed by atoms with Gasteiger partial charge in [-0.05, 0) is 40.1 Å². The molecule has 0 N–H and O–H groups in total. The Morgan fingerprint density at radius 3 is 2.21 bits per heavy atom. The average Bonchev–Trinajstić information content (AvgIpc) is 3.28. The summed E-state index contributed by atoms with van der Waals surface area (Å²) in [4.78, 5) is 0. The Bertz CT molecular complexity index is 1860. The normalized spacial score (nSPS) is 11.6. The SMILES string of the molecule is [CH2-][n+]1c(-c2cccc3c2sc2ccccc23)cc(-c2ccccc2)c2c3ccccc3ccc21. The first-order valence-corrected chi connectivity index (χ1v) is 12.3. The molecule has 160 valence electrons. The molecule has 0 unspecified atom stereocenters. The van der Waals surface area contributed by atoms with Gasteiger partial charge < -0.3 is 4.57 Å². The predicted molar refractivity (Wildman–Crippen MR) is 146 cm³/mol. The maximum absolute atomic E-state index is 4.55. The molecule has 0 saturated heterocycles. The van der Waals surface area contributed by atoms with Gasteiger partial charge in [0.05, 0.1) is 0 Å². The summed E-state index contributed by atoms with van der Waals surface area (Å²) in [5.74, 6) is 0. The first-order chi connectivity index (χ1) is 16.8. The van der Waals surface area contributed by atoms with Crippen LogP contribution in [0, 0.1) is 7.05 Å². The zero-order chi connectivity index (χ0) is 22.6. The van der Waals surface area contributed by atoms with Gasteiger partial charge in [-0.15, -0.1) is 11.3 Å². The van der Waals surface area contributed by atoms with Gasteiger partial charge in [-0.3, -0.25) is 0 Å². The molecule has 0 aliphatic carbocycles. The molecule has 2 aromatic heterocycles. The Morgan fingerprint density at radius 2 is 1.32 bits per heavy atom. The maximum atomic E-state index is 4.55. The first kappa shape index (κ1) is 19.3. The molecule has 0 atom stereocenters. The van der Waals surface area contributed by atoms with Crippen LogP contribution in [0.3, 0.4) is 0 Å². The van der Waals surface area contributed by atoms with Crippen LogP contribution in [-0.4, -0.2) is 0 Å². The van der Waals surface area contributed by atoms with Crippen LogP contribution < -0.4 is 4.57 Å². The van der Waals surface area contributed by atoms with Gasteiger partial charge in [-0.2, -0.15) is 0 Å². The van der Waals surface area contributed by atoms with Crippen molar-refractivity contribution in [1.29, 1.82) is 0 Å². The Morgan fingerprint density at radius 1 is 0.588 bits per heavy atom. The number of aromatic nitrogens is 1. The van der Waals surface area contributed by atoms with Crippen molar-refractivity contribution >= 4 is 53.2 Å². The quantitative estimate of drug-likeness (QED) is 0.141. The topological polar surface area (TPSA) is 3.88 Å². The molecule has 7 rings (SSSR count). The molecule has 0 aliphatic rings. The van der Waals surface area contributed by atoms with Gasteiger partial charge >= 0.3 is 0 Å².